The van der Waals surface area contributed by atoms with Crippen LogP contribution in [0.2, 0.25) is 0 Å². The molecule has 0 saturated carbocycles. The van der Waals surface area contributed by atoms with E-state index in [1.54, 1.807) is 29.4 Å². The fourth-order valence-corrected chi connectivity index (χ4v) is 2.79. The number of amides is 3. The molecule has 0 radical (unpaired) electrons. The number of hydrogen-bond acceptors (Lipinski definition) is 3. The Balaban J connectivity index is 1.75. The Morgan fingerprint density at radius 3 is 2.84 bits per heavy atom. The van der Waals surface area contributed by atoms with Crippen LogP contribution in [0.3, 0.4) is 0 Å². The van der Waals surface area contributed by atoms with Crippen molar-refractivity contribution < 1.29 is 9.59 Å². The smallest absolute Gasteiger partial charge is 0.319 e. The van der Waals surface area contributed by atoms with Gasteiger partial charge >= 0.3 is 6.03 Å². The first-order valence-electron chi connectivity index (χ1n) is 8.44. The summed E-state index contributed by atoms with van der Waals surface area (Å²) in [6, 6.07) is 8.95. The average Bonchev–Trinajstić information content (AvgIpc) is 3.03. The Hall–Kier alpha value is -2.89. The minimum atomic E-state index is -0.239. The lowest BCUT2D eigenvalue weighted by molar-refractivity contribution is 0.0989. The normalized spacial score (nSPS) is 12.8. The molecule has 25 heavy (non-hydrogen) atoms. The zero-order chi connectivity index (χ0) is 17.8. The largest absolute Gasteiger partial charge is 0.338 e. The van der Waals surface area contributed by atoms with Crippen LogP contribution >= 0.6 is 0 Å². The van der Waals surface area contributed by atoms with Crippen LogP contribution in [0.25, 0.3) is 0 Å². The molecule has 6 nitrogen and oxygen atoms in total. The zero-order valence-electron chi connectivity index (χ0n) is 14.5. The van der Waals surface area contributed by atoms with Crippen LogP contribution in [-0.2, 0) is 6.42 Å². The lowest BCUT2D eigenvalue weighted by Gasteiger charge is -2.18. The van der Waals surface area contributed by atoms with E-state index in [2.05, 4.69) is 15.6 Å². The van der Waals surface area contributed by atoms with Crippen LogP contribution in [0.5, 0.6) is 0 Å². The molecule has 2 N–H and O–H groups in total. The van der Waals surface area contributed by atoms with Crippen LogP contribution in [0.4, 0.5) is 16.2 Å². The Morgan fingerprint density at radius 1 is 1.28 bits per heavy atom. The predicted molar refractivity (Wildman–Crippen MR) is 97.9 cm³/mol. The molecule has 0 atom stereocenters. The van der Waals surface area contributed by atoms with Gasteiger partial charge in [0.2, 0.25) is 0 Å². The molecular weight excluding hydrogens is 316 g/mol. The standard InChI is InChI=1S/C19H22N4O2/c1-13(2)11-21-19(25)22-16-6-5-14-7-9-23(17(14)10-16)18(24)15-4-3-8-20-12-15/h3-6,8,10,12-13H,7,9,11H2,1-2H3,(H2,21,22,25). The second-order valence-electron chi connectivity index (χ2n) is 6.52. The van der Waals surface area contributed by atoms with E-state index < -0.39 is 0 Å². The molecule has 6 heteroatoms. The molecule has 3 amide bonds. The number of aromatic nitrogens is 1. The van der Waals surface area contributed by atoms with Gasteiger partial charge in [-0.25, -0.2) is 4.79 Å². The van der Waals surface area contributed by atoms with E-state index in [1.807, 2.05) is 32.0 Å². The number of nitrogens with one attached hydrogen (secondary N) is 2. The van der Waals surface area contributed by atoms with Crippen LogP contribution in [0.15, 0.2) is 42.7 Å². The van der Waals surface area contributed by atoms with E-state index in [0.717, 1.165) is 17.7 Å². The van der Waals surface area contributed by atoms with Crippen molar-refractivity contribution in [2.24, 2.45) is 5.92 Å². The van der Waals surface area contributed by atoms with Gasteiger partial charge in [0.05, 0.1) is 5.56 Å². The maximum Gasteiger partial charge on any atom is 0.319 e. The zero-order valence-corrected chi connectivity index (χ0v) is 14.5. The molecule has 0 saturated heterocycles. The lowest BCUT2D eigenvalue weighted by atomic mass is 10.1. The number of hydrogen-bond donors (Lipinski definition) is 2. The number of rotatable bonds is 4. The molecule has 0 fully saturated rings. The minimum Gasteiger partial charge on any atom is -0.338 e. The summed E-state index contributed by atoms with van der Waals surface area (Å²) in [6.07, 6.45) is 4.02. The maximum absolute atomic E-state index is 12.7. The summed E-state index contributed by atoms with van der Waals surface area (Å²) in [5.41, 5.74) is 3.18. The van der Waals surface area contributed by atoms with Crippen molar-refractivity contribution in [2.45, 2.75) is 20.3 Å². The highest BCUT2D eigenvalue weighted by molar-refractivity contribution is 6.07. The summed E-state index contributed by atoms with van der Waals surface area (Å²) in [4.78, 5) is 30.4. The number of benzene rings is 1. The van der Waals surface area contributed by atoms with Gasteiger partial charge < -0.3 is 15.5 Å². The highest BCUT2D eigenvalue weighted by atomic mass is 16.2. The minimum absolute atomic E-state index is 0.0757. The third-order valence-electron chi connectivity index (χ3n) is 4.06. The SMILES string of the molecule is CC(C)CNC(=O)Nc1ccc2c(c1)N(C(=O)c1cccnc1)CC2. The van der Waals surface area contributed by atoms with Gasteiger partial charge in [0.15, 0.2) is 0 Å². The molecule has 130 valence electrons. The lowest BCUT2D eigenvalue weighted by Crippen LogP contribution is -2.32. The summed E-state index contributed by atoms with van der Waals surface area (Å²) in [7, 11) is 0. The molecule has 2 heterocycles. The number of fused-ring (bicyclic) bond motifs is 1. The average molecular weight is 338 g/mol. The summed E-state index contributed by atoms with van der Waals surface area (Å²) in [5.74, 6) is 0.312. The highest BCUT2D eigenvalue weighted by Crippen LogP contribution is 2.31. The summed E-state index contributed by atoms with van der Waals surface area (Å²) < 4.78 is 0. The highest BCUT2D eigenvalue weighted by Gasteiger charge is 2.26. The fraction of sp³-hybridized carbons (Fsp3) is 0.316. The Labute approximate surface area is 147 Å². The number of carbonyl (C=O) groups excluding carboxylic acids is 2. The Kier molecular flexibility index (Phi) is 4.97. The summed E-state index contributed by atoms with van der Waals surface area (Å²) >= 11 is 0. The first-order chi connectivity index (χ1) is 12.0. The Morgan fingerprint density at radius 2 is 2.12 bits per heavy atom. The molecule has 2 aromatic rings. The summed E-state index contributed by atoms with van der Waals surface area (Å²) in [5, 5.41) is 5.65. The van der Waals surface area contributed by atoms with Gasteiger partial charge in [-0.2, -0.15) is 0 Å². The van der Waals surface area contributed by atoms with Gasteiger partial charge in [-0.15, -0.1) is 0 Å². The molecular formula is C19H22N4O2. The molecule has 1 aromatic heterocycles. The van der Waals surface area contributed by atoms with Crippen molar-refractivity contribution in [3.8, 4) is 0 Å². The second-order valence-corrected chi connectivity index (χ2v) is 6.52. The Bertz CT molecular complexity index is 774. The second kappa shape index (κ2) is 7.34. The van der Waals surface area contributed by atoms with E-state index in [0.29, 0.717) is 30.3 Å². The number of pyridine rings is 1. The van der Waals surface area contributed by atoms with E-state index in [4.69, 9.17) is 0 Å². The van der Waals surface area contributed by atoms with Crippen LogP contribution in [0.1, 0.15) is 29.8 Å². The van der Waals surface area contributed by atoms with Crippen molar-refractivity contribution in [3.63, 3.8) is 0 Å². The number of nitrogens with zero attached hydrogens (tertiary/aromatic N) is 2. The van der Waals surface area contributed by atoms with E-state index >= 15 is 0 Å². The van der Waals surface area contributed by atoms with Crippen LogP contribution in [-0.4, -0.2) is 30.0 Å². The van der Waals surface area contributed by atoms with Crippen LogP contribution < -0.4 is 15.5 Å². The van der Waals surface area contributed by atoms with Crippen LogP contribution in [0, 0.1) is 5.92 Å². The van der Waals surface area contributed by atoms with Crippen molar-refractivity contribution in [3.05, 3.63) is 53.9 Å². The van der Waals surface area contributed by atoms with Gasteiger partial charge in [-0.1, -0.05) is 19.9 Å². The molecule has 0 unspecified atom stereocenters. The molecule has 0 spiro atoms. The molecule has 0 aliphatic carbocycles. The van der Waals surface area contributed by atoms with E-state index in [9.17, 15) is 9.59 Å². The van der Waals surface area contributed by atoms with Crippen molar-refractivity contribution in [1.29, 1.82) is 0 Å². The third kappa shape index (κ3) is 3.96. The third-order valence-corrected chi connectivity index (χ3v) is 4.06. The molecule has 1 aromatic carbocycles. The van der Waals surface area contributed by atoms with E-state index in [1.165, 1.54) is 0 Å². The quantitative estimate of drug-likeness (QED) is 0.900. The molecule has 0 bridgehead atoms. The van der Waals surface area contributed by atoms with E-state index in [-0.39, 0.29) is 11.9 Å². The first-order valence-corrected chi connectivity index (χ1v) is 8.44. The van der Waals surface area contributed by atoms with Crippen molar-refractivity contribution in [1.82, 2.24) is 10.3 Å². The molecule has 1 aliphatic heterocycles. The fourth-order valence-electron chi connectivity index (χ4n) is 2.79. The van der Waals surface area contributed by atoms with Crippen molar-refractivity contribution >= 4 is 23.3 Å². The summed E-state index contributed by atoms with van der Waals surface area (Å²) in [6.45, 7) is 5.32. The first kappa shape index (κ1) is 17.0. The number of carbonyl (C=O) groups is 2. The van der Waals surface area contributed by atoms with Gasteiger partial charge in [0, 0.05) is 36.9 Å². The number of anilines is 2. The number of urea groups is 1. The predicted octanol–water partition coefficient (Wildman–Crippen LogP) is 3.06. The molecule has 3 rings (SSSR count). The topological polar surface area (TPSA) is 74.3 Å². The van der Waals surface area contributed by atoms with Gasteiger partial charge in [-0.3, -0.25) is 9.78 Å². The van der Waals surface area contributed by atoms with Gasteiger partial charge in [-0.05, 0) is 42.2 Å². The van der Waals surface area contributed by atoms with Gasteiger partial charge in [0.25, 0.3) is 5.91 Å². The monoisotopic (exact) mass is 338 g/mol. The van der Waals surface area contributed by atoms with Gasteiger partial charge in [0.1, 0.15) is 0 Å². The molecule has 1 aliphatic rings. The maximum atomic E-state index is 12.7. The van der Waals surface area contributed by atoms with Crippen molar-refractivity contribution in [2.75, 3.05) is 23.3 Å².